The van der Waals surface area contributed by atoms with Crippen LogP contribution in [0, 0.1) is 13.8 Å². The van der Waals surface area contributed by atoms with Gasteiger partial charge in [-0.25, -0.2) is 4.79 Å². The van der Waals surface area contributed by atoms with Gasteiger partial charge in [-0.15, -0.1) is 0 Å². The second kappa shape index (κ2) is 4.98. The average molecular weight is 309 g/mol. The van der Waals surface area contributed by atoms with Gasteiger partial charge >= 0.3 is 5.97 Å². The number of esters is 1. The summed E-state index contributed by atoms with van der Waals surface area (Å²) in [6.07, 6.45) is 0. The highest BCUT2D eigenvalue weighted by atomic mass is 79.9. The van der Waals surface area contributed by atoms with Gasteiger partial charge in [-0.3, -0.25) is 0 Å². The number of halogens is 1. The zero-order chi connectivity index (χ0) is 13.3. The predicted octanol–water partition coefficient (Wildman–Crippen LogP) is 4.11. The molecule has 0 radical (unpaired) electrons. The van der Waals surface area contributed by atoms with E-state index in [-0.39, 0.29) is 5.76 Å². The van der Waals surface area contributed by atoms with Gasteiger partial charge in [0.05, 0.1) is 7.11 Å². The van der Waals surface area contributed by atoms with Gasteiger partial charge in [-0.05, 0) is 49.2 Å². The average Bonchev–Trinajstić information content (AvgIpc) is 2.84. The molecular formula is C14H13BrO3. The van der Waals surface area contributed by atoms with Crippen molar-refractivity contribution in [2.45, 2.75) is 13.8 Å². The Bertz CT molecular complexity index is 599. The van der Waals surface area contributed by atoms with Crippen LogP contribution >= 0.6 is 15.9 Å². The van der Waals surface area contributed by atoms with Crippen molar-refractivity contribution in [2.75, 3.05) is 7.11 Å². The predicted molar refractivity (Wildman–Crippen MR) is 72.7 cm³/mol. The van der Waals surface area contributed by atoms with Gasteiger partial charge in [0.15, 0.2) is 0 Å². The van der Waals surface area contributed by atoms with Crippen LogP contribution in [0.15, 0.2) is 33.2 Å². The lowest BCUT2D eigenvalue weighted by atomic mass is 10.0. The Morgan fingerprint density at radius 1 is 1.17 bits per heavy atom. The highest BCUT2D eigenvalue weighted by Crippen LogP contribution is 2.31. The number of carbonyl (C=O) groups excluding carboxylic acids is 1. The lowest BCUT2D eigenvalue weighted by Gasteiger charge is -2.08. The molecule has 0 saturated carbocycles. The topological polar surface area (TPSA) is 39.4 Å². The molecule has 1 aromatic carbocycles. The fourth-order valence-electron chi connectivity index (χ4n) is 1.75. The van der Waals surface area contributed by atoms with Crippen LogP contribution in [0.5, 0.6) is 0 Å². The number of hydrogen-bond acceptors (Lipinski definition) is 3. The number of carbonyl (C=O) groups is 1. The number of ether oxygens (including phenoxy) is 1. The highest BCUT2D eigenvalue weighted by Gasteiger charge is 2.14. The molecule has 0 bridgehead atoms. The second-order valence-electron chi connectivity index (χ2n) is 4.00. The summed E-state index contributed by atoms with van der Waals surface area (Å²) in [5.74, 6) is 0.420. The number of hydrogen-bond donors (Lipinski definition) is 0. The third kappa shape index (κ3) is 2.20. The molecule has 0 aliphatic heterocycles. The van der Waals surface area contributed by atoms with Crippen LogP contribution in [0.25, 0.3) is 11.3 Å². The molecule has 2 aromatic rings. The smallest absolute Gasteiger partial charge is 0.373 e. The minimum Gasteiger partial charge on any atom is -0.463 e. The summed E-state index contributed by atoms with van der Waals surface area (Å²) in [6, 6.07) is 7.34. The van der Waals surface area contributed by atoms with Gasteiger partial charge in [0.2, 0.25) is 5.76 Å². The van der Waals surface area contributed by atoms with Crippen LogP contribution < -0.4 is 0 Å². The fraction of sp³-hybridized carbons (Fsp3) is 0.214. The molecule has 94 valence electrons. The SMILES string of the molecule is COC(=O)c1ccc(-c2ccc(Br)c(C)c2C)o1. The Hall–Kier alpha value is -1.55. The number of methoxy groups -OCH3 is 1. The molecule has 0 atom stereocenters. The van der Waals surface area contributed by atoms with Crippen LogP contribution in [0.2, 0.25) is 0 Å². The molecule has 2 rings (SSSR count). The van der Waals surface area contributed by atoms with E-state index in [0.29, 0.717) is 5.76 Å². The molecule has 0 saturated heterocycles. The molecule has 18 heavy (non-hydrogen) atoms. The van der Waals surface area contributed by atoms with E-state index in [2.05, 4.69) is 20.7 Å². The maximum absolute atomic E-state index is 11.3. The van der Waals surface area contributed by atoms with E-state index in [1.54, 1.807) is 12.1 Å². The molecule has 0 amide bonds. The molecule has 0 aliphatic carbocycles. The monoisotopic (exact) mass is 308 g/mol. The van der Waals surface area contributed by atoms with Crippen molar-refractivity contribution in [2.24, 2.45) is 0 Å². The summed E-state index contributed by atoms with van der Waals surface area (Å²) in [5.41, 5.74) is 3.25. The van der Waals surface area contributed by atoms with Crippen molar-refractivity contribution in [3.05, 3.63) is 45.6 Å². The second-order valence-corrected chi connectivity index (χ2v) is 4.85. The van der Waals surface area contributed by atoms with E-state index in [1.807, 2.05) is 26.0 Å². The van der Waals surface area contributed by atoms with Crippen LogP contribution in [-0.4, -0.2) is 13.1 Å². The van der Waals surface area contributed by atoms with Crippen molar-refractivity contribution in [3.63, 3.8) is 0 Å². The van der Waals surface area contributed by atoms with E-state index in [0.717, 1.165) is 21.2 Å². The zero-order valence-electron chi connectivity index (χ0n) is 10.4. The summed E-state index contributed by atoms with van der Waals surface area (Å²) in [7, 11) is 1.33. The number of furan rings is 1. The summed E-state index contributed by atoms with van der Waals surface area (Å²) < 4.78 is 11.2. The van der Waals surface area contributed by atoms with Gasteiger partial charge in [-0.1, -0.05) is 15.9 Å². The molecular weight excluding hydrogens is 296 g/mol. The third-order valence-electron chi connectivity index (χ3n) is 2.98. The van der Waals surface area contributed by atoms with Crippen molar-refractivity contribution < 1.29 is 13.9 Å². The largest absolute Gasteiger partial charge is 0.463 e. The first kappa shape index (κ1) is 12.9. The molecule has 0 fully saturated rings. The zero-order valence-corrected chi connectivity index (χ0v) is 12.0. The minimum absolute atomic E-state index is 0.215. The first-order chi connectivity index (χ1) is 8.54. The quantitative estimate of drug-likeness (QED) is 0.784. The number of benzene rings is 1. The van der Waals surface area contributed by atoms with Crippen molar-refractivity contribution in [1.82, 2.24) is 0 Å². The maximum atomic E-state index is 11.3. The van der Waals surface area contributed by atoms with E-state index in [1.165, 1.54) is 7.11 Å². The normalized spacial score (nSPS) is 10.4. The first-order valence-electron chi connectivity index (χ1n) is 5.49. The standard InChI is InChI=1S/C14H13BrO3/c1-8-9(2)11(15)5-4-10(8)12-6-7-13(18-12)14(16)17-3/h4-7H,1-3H3. The summed E-state index contributed by atoms with van der Waals surface area (Å²) in [5, 5.41) is 0. The Kier molecular flexibility index (Phi) is 3.57. The third-order valence-corrected chi connectivity index (χ3v) is 3.84. The molecule has 1 heterocycles. The Balaban J connectivity index is 2.47. The van der Waals surface area contributed by atoms with Crippen molar-refractivity contribution in [3.8, 4) is 11.3 Å². The fourth-order valence-corrected chi connectivity index (χ4v) is 2.18. The lowest BCUT2D eigenvalue weighted by molar-refractivity contribution is 0.0566. The van der Waals surface area contributed by atoms with Gasteiger partial charge in [0, 0.05) is 10.0 Å². The van der Waals surface area contributed by atoms with Gasteiger partial charge in [0.25, 0.3) is 0 Å². The molecule has 0 N–H and O–H groups in total. The van der Waals surface area contributed by atoms with Gasteiger partial charge in [0.1, 0.15) is 5.76 Å². The van der Waals surface area contributed by atoms with E-state index >= 15 is 0 Å². The maximum Gasteiger partial charge on any atom is 0.373 e. The summed E-state index contributed by atoms with van der Waals surface area (Å²) in [6.45, 7) is 4.06. The van der Waals surface area contributed by atoms with Crippen LogP contribution in [-0.2, 0) is 4.74 Å². The summed E-state index contributed by atoms with van der Waals surface area (Å²) >= 11 is 3.49. The molecule has 0 unspecified atom stereocenters. The molecule has 0 aliphatic rings. The van der Waals surface area contributed by atoms with E-state index in [9.17, 15) is 4.79 Å². The van der Waals surface area contributed by atoms with Crippen LogP contribution in [0.4, 0.5) is 0 Å². The van der Waals surface area contributed by atoms with Crippen LogP contribution in [0.3, 0.4) is 0 Å². The molecule has 4 heteroatoms. The first-order valence-corrected chi connectivity index (χ1v) is 6.28. The van der Waals surface area contributed by atoms with Crippen molar-refractivity contribution >= 4 is 21.9 Å². The van der Waals surface area contributed by atoms with Crippen molar-refractivity contribution in [1.29, 1.82) is 0 Å². The van der Waals surface area contributed by atoms with Crippen LogP contribution in [0.1, 0.15) is 21.7 Å². The Morgan fingerprint density at radius 3 is 2.56 bits per heavy atom. The minimum atomic E-state index is -0.465. The number of rotatable bonds is 2. The molecule has 3 nitrogen and oxygen atoms in total. The highest BCUT2D eigenvalue weighted by molar-refractivity contribution is 9.10. The van der Waals surface area contributed by atoms with Gasteiger partial charge in [-0.2, -0.15) is 0 Å². The molecule has 0 spiro atoms. The Morgan fingerprint density at radius 2 is 1.89 bits per heavy atom. The summed E-state index contributed by atoms with van der Waals surface area (Å²) in [4.78, 5) is 11.3. The van der Waals surface area contributed by atoms with Gasteiger partial charge < -0.3 is 9.15 Å². The lowest BCUT2D eigenvalue weighted by Crippen LogP contribution is -1.98. The van der Waals surface area contributed by atoms with E-state index < -0.39 is 5.97 Å². The Labute approximate surface area is 114 Å². The van der Waals surface area contributed by atoms with E-state index in [4.69, 9.17) is 4.42 Å². The molecule has 1 aromatic heterocycles.